The van der Waals surface area contributed by atoms with E-state index < -0.39 is 138 Å². The fourth-order valence-electron chi connectivity index (χ4n) is 7.93. The number of hydrogen-bond donors (Lipinski definition) is 10. The first kappa shape index (κ1) is 55.5. The van der Waals surface area contributed by atoms with E-state index in [1.54, 1.807) is 78.9 Å². The van der Waals surface area contributed by atoms with Crippen LogP contribution >= 0.6 is 0 Å². The minimum atomic E-state index is -4.41. The van der Waals surface area contributed by atoms with Crippen LogP contribution in [0.4, 0.5) is 0 Å². The number of carboxylic acids is 3. The first-order valence-electron chi connectivity index (χ1n) is 22.6. The molecule has 5 rings (SSSR count). The highest BCUT2D eigenvalue weighted by Gasteiger charge is 2.34. The van der Waals surface area contributed by atoms with Crippen molar-refractivity contribution in [2.45, 2.75) is 87.3 Å². The Morgan fingerprint density at radius 1 is 0.521 bits per heavy atom. The number of carbonyl (C=O) groups is 9. The molecule has 11 N–H and O–H groups in total. The highest BCUT2D eigenvalue weighted by molar-refractivity contribution is 7.85. The maximum atomic E-state index is 14.4. The number of primary amides is 1. The van der Waals surface area contributed by atoms with Gasteiger partial charge in [-0.05, 0) is 63.6 Å². The average Bonchev–Trinajstić information content (AvgIpc) is 3.34. The topological polar surface area (TPSA) is 364 Å². The molecule has 0 aliphatic heterocycles. The van der Waals surface area contributed by atoms with Gasteiger partial charge < -0.3 is 52.4 Å². The lowest BCUT2D eigenvalue weighted by atomic mass is 9.97. The van der Waals surface area contributed by atoms with Crippen molar-refractivity contribution in [2.75, 3.05) is 7.11 Å². The number of aliphatic carboxylic acids is 3. The Bertz CT molecular complexity index is 3000. The van der Waals surface area contributed by atoms with Crippen molar-refractivity contribution in [3.63, 3.8) is 0 Å². The zero-order valence-corrected chi connectivity index (χ0v) is 40.1. The van der Waals surface area contributed by atoms with E-state index in [0.29, 0.717) is 27.3 Å². The molecule has 0 aliphatic rings. The summed E-state index contributed by atoms with van der Waals surface area (Å²) >= 11 is 0. The van der Waals surface area contributed by atoms with Gasteiger partial charge in [0.2, 0.25) is 29.5 Å². The van der Waals surface area contributed by atoms with E-state index in [-0.39, 0.29) is 29.7 Å². The number of methoxy groups -OCH3 is 1. The summed E-state index contributed by atoms with van der Waals surface area (Å²) in [7, 11) is -3.08. The number of hydrogen-bond acceptors (Lipinski definition) is 12. The molecule has 0 radical (unpaired) electrons. The Morgan fingerprint density at radius 3 is 1.48 bits per heavy atom. The molecule has 5 atom stereocenters. The molecular weight excluding hydrogens is 973 g/mol. The molecule has 0 unspecified atom stereocenters. The summed E-state index contributed by atoms with van der Waals surface area (Å²) < 4.78 is 37.9. The average molecular weight is 1030 g/mol. The Kier molecular flexibility index (Phi) is 19.5. The van der Waals surface area contributed by atoms with Gasteiger partial charge in [-0.15, -0.1) is 0 Å². The summed E-state index contributed by atoms with van der Waals surface area (Å²) in [5.74, 6) is -10.9. The van der Waals surface area contributed by atoms with Crippen LogP contribution in [0.25, 0.3) is 21.5 Å². The fraction of sp³-hybridized carbons (Fsp3) is 0.300. The number of benzene rings is 5. The minimum Gasteiger partial charge on any atom is -0.496 e. The number of nitrogens with one attached hydrogen (secondary N) is 5. The van der Waals surface area contributed by atoms with Gasteiger partial charge in [-0.3, -0.25) is 47.7 Å². The molecule has 22 nitrogen and oxygen atoms in total. The van der Waals surface area contributed by atoms with E-state index in [1.165, 1.54) is 31.4 Å². The van der Waals surface area contributed by atoms with Gasteiger partial charge in [0, 0.05) is 32.1 Å². The van der Waals surface area contributed by atoms with Crippen molar-refractivity contribution in [3.05, 3.63) is 125 Å². The molecule has 0 bridgehead atoms. The number of rotatable bonds is 27. The van der Waals surface area contributed by atoms with Crippen LogP contribution in [0.5, 0.6) is 5.75 Å². The smallest absolute Gasteiger partial charge is 0.303 e. The van der Waals surface area contributed by atoms with Crippen molar-refractivity contribution in [1.82, 2.24) is 26.6 Å². The number of carbonyl (C=O) groups excluding carboxylic acids is 6. The number of ether oxygens (including phenoxy) is 1. The first-order chi connectivity index (χ1) is 34.6. The summed E-state index contributed by atoms with van der Waals surface area (Å²) in [6.45, 7) is 0. The second-order valence-corrected chi connectivity index (χ2v) is 18.4. The monoisotopic (exact) mass is 1030 g/mol. The van der Waals surface area contributed by atoms with Gasteiger partial charge in [0.15, 0.2) is 0 Å². The largest absolute Gasteiger partial charge is 0.496 e. The van der Waals surface area contributed by atoms with E-state index in [9.17, 15) is 71.4 Å². The van der Waals surface area contributed by atoms with E-state index >= 15 is 0 Å². The predicted molar refractivity (Wildman–Crippen MR) is 262 cm³/mol. The lowest BCUT2D eigenvalue weighted by Gasteiger charge is -2.27. The second kappa shape index (κ2) is 25.6. The molecule has 0 saturated heterocycles. The highest BCUT2D eigenvalue weighted by Crippen LogP contribution is 2.28. The fourth-order valence-corrected chi connectivity index (χ4v) is 8.54. The summed E-state index contributed by atoms with van der Waals surface area (Å²) in [5, 5.41) is 43.4. The lowest BCUT2D eigenvalue weighted by Crippen LogP contribution is -2.59. The molecule has 0 saturated carbocycles. The van der Waals surface area contributed by atoms with Crippen LogP contribution in [0.1, 0.15) is 65.6 Å². The maximum Gasteiger partial charge on any atom is 0.303 e. The molecule has 0 heterocycles. The molecule has 0 spiro atoms. The van der Waals surface area contributed by atoms with Crippen molar-refractivity contribution < 1.29 is 76.2 Å². The number of nitrogens with two attached hydrogens (primary N) is 1. The van der Waals surface area contributed by atoms with Gasteiger partial charge in [0.25, 0.3) is 16.0 Å². The van der Waals surface area contributed by atoms with E-state index in [1.807, 2.05) is 0 Å². The van der Waals surface area contributed by atoms with Gasteiger partial charge in [0.05, 0.1) is 12.7 Å². The van der Waals surface area contributed by atoms with Crippen LogP contribution in [-0.2, 0) is 67.1 Å². The zero-order valence-electron chi connectivity index (χ0n) is 39.2. The van der Waals surface area contributed by atoms with Crippen molar-refractivity contribution in [2.24, 2.45) is 5.73 Å². The number of amides is 6. The molecule has 0 fully saturated rings. The molecule has 6 amide bonds. The molecule has 5 aromatic carbocycles. The van der Waals surface area contributed by atoms with Crippen molar-refractivity contribution in [1.29, 1.82) is 0 Å². The van der Waals surface area contributed by atoms with E-state index in [0.717, 1.165) is 5.39 Å². The van der Waals surface area contributed by atoms with Crippen LogP contribution in [0.15, 0.2) is 103 Å². The Hall–Kier alpha value is -8.44. The first-order valence-corrected chi connectivity index (χ1v) is 24.3. The quantitative estimate of drug-likeness (QED) is 0.0336. The Balaban J connectivity index is 1.47. The van der Waals surface area contributed by atoms with Crippen molar-refractivity contribution >= 4 is 85.0 Å². The Labute approximate surface area is 417 Å². The molecule has 386 valence electrons. The van der Waals surface area contributed by atoms with Gasteiger partial charge in [-0.25, -0.2) is 0 Å². The van der Waals surface area contributed by atoms with Crippen LogP contribution < -0.4 is 37.1 Å². The summed E-state index contributed by atoms with van der Waals surface area (Å²) in [5.41, 5.74) is 6.59. The molecular formula is C50H54N6O16S. The number of fused-ring (bicyclic) bond motifs is 2. The summed E-state index contributed by atoms with van der Waals surface area (Å²) in [4.78, 5) is 119. The minimum absolute atomic E-state index is 0.0344. The van der Waals surface area contributed by atoms with Crippen LogP contribution in [0.3, 0.4) is 0 Å². The van der Waals surface area contributed by atoms with Crippen molar-refractivity contribution in [3.8, 4) is 5.75 Å². The summed E-state index contributed by atoms with van der Waals surface area (Å²) in [6, 6.07) is 19.7. The van der Waals surface area contributed by atoms with E-state index in [4.69, 9.17) is 10.5 Å². The third-order valence-electron chi connectivity index (χ3n) is 11.6. The van der Waals surface area contributed by atoms with Gasteiger partial charge >= 0.3 is 17.9 Å². The van der Waals surface area contributed by atoms with Crippen LogP contribution in [-0.4, -0.2) is 119 Å². The SMILES string of the molecule is COc1ccc2ccccc2c1C(=O)N[C@@H](Cc1ccc(CS(=O)(=O)O)cc1)C(=O)N[C@@H](CCC(=O)O)C(=O)N[C@@H](CCC(=O)O)C(=O)N[C@@H](Cc1cccc2ccccc12)C(=O)N[C@@H](CCC(=O)O)C(N)=O. The Morgan fingerprint density at radius 2 is 0.959 bits per heavy atom. The zero-order chi connectivity index (χ0) is 53.4. The molecule has 73 heavy (non-hydrogen) atoms. The number of carboxylic acid groups (broad SMARTS) is 3. The van der Waals surface area contributed by atoms with E-state index in [2.05, 4.69) is 26.6 Å². The van der Waals surface area contributed by atoms with Gasteiger partial charge in [0.1, 0.15) is 41.7 Å². The van der Waals surface area contributed by atoms with Crippen LogP contribution in [0, 0.1) is 0 Å². The maximum absolute atomic E-state index is 14.4. The third kappa shape index (κ3) is 16.6. The van der Waals surface area contributed by atoms with Crippen LogP contribution in [0.2, 0.25) is 0 Å². The summed E-state index contributed by atoms with van der Waals surface area (Å²) in [6.07, 6.45) is -4.16. The molecule has 5 aromatic rings. The molecule has 0 aliphatic carbocycles. The predicted octanol–water partition coefficient (Wildman–Crippen LogP) is 1.99. The standard InChI is InChI=1S/C50H54N6O16S/c1-72-40-21-17-31-8-3-5-12-34(31)44(40)50(68)56-38(25-28-13-15-29(16-14-28)27-73(69,70)71)48(66)54-36(19-23-42(59)60)46(64)53-37(20-24-43(61)62)47(65)55-39(49(67)52-35(45(51)63)18-22-41(57)58)26-32-10-6-9-30-7-2-4-11-33(30)32/h2-17,21,35-39H,18-20,22-27H2,1H3,(H2,51,63)(H,52,67)(H,53,64)(H,54,66)(H,55,65)(H,56,68)(H,57,58)(H,59,60)(H,61,62)(H,69,70,71)/t35-,36-,37-,38-,39-/m0/s1. The van der Waals surface area contributed by atoms with Gasteiger partial charge in [-0.1, -0.05) is 97.1 Å². The normalized spacial score (nSPS) is 13.3. The van der Waals surface area contributed by atoms with Gasteiger partial charge in [-0.2, -0.15) is 8.42 Å². The lowest BCUT2D eigenvalue weighted by molar-refractivity contribution is -0.140. The molecule has 23 heteroatoms. The highest BCUT2D eigenvalue weighted by atomic mass is 32.2. The molecule has 0 aromatic heterocycles. The second-order valence-electron chi connectivity index (χ2n) is 16.9. The third-order valence-corrected chi connectivity index (χ3v) is 12.3.